The van der Waals surface area contributed by atoms with E-state index in [1.807, 2.05) is 6.92 Å². The maximum atomic E-state index is 12.2. The zero-order valence-electron chi connectivity index (χ0n) is 15.0. The SMILES string of the molecule is Cc1n[nH]c(C)c1C1CCCN1CCCN1C(=O)NC(C)(C)C1=O. The van der Waals surface area contributed by atoms with Crippen molar-refractivity contribution in [3.05, 3.63) is 17.0 Å². The van der Waals surface area contributed by atoms with Crippen molar-refractivity contribution in [2.75, 3.05) is 19.6 Å². The largest absolute Gasteiger partial charge is 0.325 e. The smallest absolute Gasteiger partial charge is 0.324 e. The van der Waals surface area contributed by atoms with Crippen LogP contribution in [0.2, 0.25) is 0 Å². The van der Waals surface area contributed by atoms with Crippen molar-refractivity contribution in [2.45, 2.75) is 58.5 Å². The summed E-state index contributed by atoms with van der Waals surface area (Å²) in [6, 6.07) is 0.118. The molecule has 7 heteroatoms. The fraction of sp³-hybridized carbons (Fsp3) is 0.706. The first kappa shape index (κ1) is 17.0. The summed E-state index contributed by atoms with van der Waals surface area (Å²) in [5.74, 6) is -0.132. The minimum absolute atomic E-state index is 0.132. The normalized spacial score (nSPS) is 24.0. The molecule has 3 heterocycles. The predicted molar refractivity (Wildman–Crippen MR) is 90.6 cm³/mol. The molecule has 0 radical (unpaired) electrons. The Morgan fingerprint density at radius 1 is 1.25 bits per heavy atom. The molecule has 1 unspecified atom stereocenters. The van der Waals surface area contributed by atoms with Crippen LogP contribution in [-0.2, 0) is 4.79 Å². The van der Waals surface area contributed by atoms with Crippen LogP contribution >= 0.6 is 0 Å². The highest BCUT2D eigenvalue weighted by atomic mass is 16.2. The molecule has 7 nitrogen and oxygen atoms in total. The summed E-state index contributed by atoms with van der Waals surface area (Å²) in [5.41, 5.74) is 2.74. The van der Waals surface area contributed by atoms with E-state index in [1.165, 1.54) is 16.9 Å². The van der Waals surface area contributed by atoms with E-state index in [4.69, 9.17) is 0 Å². The molecule has 2 saturated heterocycles. The van der Waals surface area contributed by atoms with Crippen molar-refractivity contribution < 1.29 is 9.59 Å². The Kier molecular flexibility index (Phi) is 4.38. The summed E-state index contributed by atoms with van der Waals surface area (Å²) in [6.45, 7) is 10.0. The summed E-state index contributed by atoms with van der Waals surface area (Å²) >= 11 is 0. The second-order valence-electron chi connectivity index (χ2n) is 7.41. The van der Waals surface area contributed by atoms with Crippen LogP contribution in [0.5, 0.6) is 0 Å². The molecule has 1 aromatic rings. The van der Waals surface area contributed by atoms with Gasteiger partial charge in [0, 0.05) is 30.4 Å². The van der Waals surface area contributed by atoms with Crippen LogP contribution in [0.25, 0.3) is 0 Å². The summed E-state index contributed by atoms with van der Waals surface area (Å²) in [6.07, 6.45) is 3.10. The Hall–Kier alpha value is -1.89. The fourth-order valence-corrected chi connectivity index (χ4v) is 3.92. The van der Waals surface area contributed by atoms with E-state index >= 15 is 0 Å². The van der Waals surface area contributed by atoms with Gasteiger partial charge in [-0.1, -0.05) is 0 Å². The number of carbonyl (C=O) groups is 2. The van der Waals surface area contributed by atoms with Gasteiger partial charge in [0.1, 0.15) is 5.54 Å². The number of aryl methyl sites for hydroxylation is 2. The lowest BCUT2D eigenvalue weighted by atomic mass is 10.0. The summed E-state index contributed by atoms with van der Waals surface area (Å²) in [7, 11) is 0. The summed E-state index contributed by atoms with van der Waals surface area (Å²) in [4.78, 5) is 28.0. The lowest BCUT2D eigenvalue weighted by molar-refractivity contribution is -0.130. The molecule has 1 atom stereocenters. The van der Waals surface area contributed by atoms with Gasteiger partial charge in [0.15, 0.2) is 0 Å². The number of nitrogens with one attached hydrogen (secondary N) is 2. The van der Waals surface area contributed by atoms with Gasteiger partial charge in [-0.15, -0.1) is 0 Å². The maximum absolute atomic E-state index is 12.2. The second-order valence-corrected chi connectivity index (χ2v) is 7.41. The lowest BCUT2D eigenvalue weighted by Crippen LogP contribution is -2.40. The molecule has 1 aromatic heterocycles. The summed E-state index contributed by atoms with van der Waals surface area (Å²) in [5, 5.41) is 10.1. The first-order chi connectivity index (χ1) is 11.3. The van der Waals surface area contributed by atoms with Gasteiger partial charge in [-0.05, 0) is 53.5 Å². The average molecular weight is 333 g/mol. The molecule has 0 aromatic carbocycles. The van der Waals surface area contributed by atoms with E-state index < -0.39 is 5.54 Å². The van der Waals surface area contributed by atoms with Crippen LogP contribution in [-0.4, -0.2) is 57.1 Å². The molecule has 0 bridgehead atoms. The van der Waals surface area contributed by atoms with Crippen molar-refractivity contribution in [1.82, 2.24) is 25.3 Å². The molecule has 2 aliphatic rings. The van der Waals surface area contributed by atoms with Crippen molar-refractivity contribution >= 4 is 11.9 Å². The van der Waals surface area contributed by atoms with Crippen LogP contribution in [0.15, 0.2) is 0 Å². The van der Waals surface area contributed by atoms with Crippen LogP contribution in [0.1, 0.15) is 56.1 Å². The van der Waals surface area contributed by atoms with E-state index in [1.54, 1.807) is 13.8 Å². The first-order valence-electron chi connectivity index (χ1n) is 8.71. The number of likely N-dealkylation sites (tertiary alicyclic amines) is 1. The van der Waals surface area contributed by atoms with Gasteiger partial charge in [-0.25, -0.2) is 4.79 Å². The number of urea groups is 1. The van der Waals surface area contributed by atoms with Gasteiger partial charge < -0.3 is 5.32 Å². The molecule has 0 aliphatic carbocycles. The predicted octanol–water partition coefficient (Wildman–Crippen LogP) is 1.88. The van der Waals surface area contributed by atoms with Gasteiger partial charge in [-0.2, -0.15) is 5.10 Å². The van der Waals surface area contributed by atoms with Gasteiger partial charge in [0.05, 0.1) is 5.69 Å². The number of aromatic amines is 1. The van der Waals surface area contributed by atoms with Crippen LogP contribution in [0, 0.1) is 13.8 Å². The lowest BCUT2D eigenvalue weighted by Gasteiger charge is -2.25. The molecule has 2 aliphatic heterocycles. The Balaban J connectivity index is 1.59. The molecule has 0 spiro atoms. The topological polar surface area (TPSA) is 81.3 Å². The number of hydrogen-bond acceptors (Lipinski definition) is 4. The van der Waals surface area contributed by atoms with E-state index in [0.717, 1.165) is 37.3 Å². The van der Waals surface area contributed by atoms with Crippen molar-refractivity contribution in [3.8, 4) is 0 Å². The molecule has 2 N–H and O–H groups in total. The number of imide groups is 1. The first-order valence-corrected chi connectivity index (χ1v) is 8.71. The van der Waals surface area contributed by atoms with Crippen LogP contribution < -0.4 is 5.32 Å². The number of aromatic nitrogens is 2. The number of amides is 3. The Bertz CT molecular complexity index is 632. The molecular formula is C17H27N5O2. The number of nitrogens with zero attached hydrogens (tertiary/aromatic N) is 3. The number of H-pyrrole nitrogens is 1. The molecule has 132 valence electrons. The third kappa shape index (κ3) is 2.92. The molecule has 0 saturated carbocycles. The minimum Gasteiger partial charge on any atom is -0.324 e. The Labute approximate surface area is 142 Å². The van der Waals surface area contributed by atoms with Crippen LogP contribution in [0.4, 0.5) is 4.79 Å². The third-order valence-corrected chi connectivity index (χ3v) is 5.15. The van der Waals surface area contributed by atoms with Crippen molar-refractivity contribution in [3.63, 3.8) is 0 Å². The number of carbonyl (C=O) groups excluding carboxylic acids is 2. The van der Waals surface area contributed by atoms with E-state index in [-0.39, 0.29) is 11.9 Å². The van der Waals surface area contributed by atoms with Crippen molar-refractivity contribution in [1.29, 1.82) is 0 Å². The van der Waals surface area contributed by atoms with Crippen LogP contribution in [0.3, 0.4) is 0 Å². The average Bonchev–Trinajstić information content (AvgIpc) is 3.13. The fourth-order valence-electron chi connectivity index (χ4n) is 3.92. The molecule has 2 fully saturated rings. The van der Waals surface area contributed by atoms with E-state index in [2.05, 4.69) is 27.3 Å². The Morgan fingerprint density at radius 3 is 2.58 bits per heavy atom. The zero-order chi connectivity index (χ0) is 17.5. The number of rotatable bonds is 5. The number of hydrogen-bond donors (Lipinski definition) is 2. The highest BCUT2D eigenvalue weighted by Gasteiger charge is 2.43. The molecule has 3 amide bonds. The second kappa shape index (κ2) is 6.20. The highest BCUT2D eigenvalue weighted by molar-refractivity contribution is 6.06. The third-order valence-electron chi connectivity index (χ3n) is 5.15. The van der Waals surface area contributed by atoms with Gasteiger partial charge in [0.2, 0.25) is 0 Å². The monoisotopic (exact) mass is 333 g/mol. The van der Waals surface area contributed by atoms with E-state index in [0.29, 0.717) is 12.6 Å². The molecule has 3 rings (SSSR count). The van der Waals surface area contributed by atoms with Gasteiger partial charge in [-0.3, -0.25) is 19.7 Å². The maximum Gasteiger partial charge on any atom is 0.325 e. The molecule has 24 heavy (non-hydrogen) atoms. The van der Waals surface area contributed by atoms with Gasteiger partial charge in [0.25, 0.3) is 5.91 Å². The standard InChI is InChI=1S/C17H27N5O2/c1-11-14(12(2)20-19-11)13-7-5-8-21(13)9-6-10-22-15(23)17(3,4)18-16(22)24/h13H,5-10H2,1-4H3,(H,18,24)(H,19,20). The molecular weight excluding hydrogens is 306 g/mol. The highest BCUT2D eigenvalue weighted by Crippen LogP contribution is 2.34. The minimum atomic E-state index is -0.779. The quantitative estimate of drug-likeness (QED) is 0.806. The van der Waals surface area contributed by atoms with Crippen molar-refractivity contribution in [2.24, 2.45) is 0 Å². The Morgan fingerprint density at radius 2 is 2.00 bits per heavy atom. The summed E-state index contributed by atoms with van der Waals surface area (Å²) < 4.78 is 0. The van der Waals surface area contributed by atoms with Gasteiger partial charge >= 0.3 is 6.03 Å². The van der Waals surface area contributed by atoms with E-state index in [9.17, 15) is 9.59 Å². The zero-order valence-corrected chi connectivity index (χ0v) is 15.0.